The number of anilines is 2. The number of hydrogen-bond acceptors (Lipinski definition) is 4. The lowest BCUT2D eigenvalue weighted by Gasteiger charge is -2.35. The molecule has 11 rings (SSSR count). The third-order valence-electron chi connectivity index (χ3n) is 13.1. The maximum Gasteiger partial charge on any atom is 0.164 e. The Hall–Kier alpha value is -6.65. The van der Waals surface area contributed by atoms with Crippen LogP contribution in [0.25, 0.3) is 50.9 Å². The second kappa shape index (κ2) is 13.8. The van der Waals surface area contributed by atoms with E-state index in [9.17, 15) is 0 Å². The van der Waals surface area contributed by atoms with E-state index in [2.05, 4.69) is 134 Å². The van der Waals surface area contributed by atoms with Gasteiger partial charge in [0.2, 0.25) is 0 Å². The van der Waals surface area contributed by atoms with Gasteiger partial charge in [0, 0.05) is 39.5 Å². The number of fused-ring (bicyclic) bond motifs is 6. The molecule has 3 atom stereocenters. The van der Waals surface area contributed by atoms with E-state index in [1.54, 1.807) is 16.7 Å². The first-order chi connectivity index (χ1) is 28.5. The Balaban J connectivity index is 0.896. The molecule has 0 bridgehead atoms. The molecule has 1 saturated carbocycles. The Labute approximate surface area is 341 Å². The summed E-state index contributed by atoms with van der Waals surface area (Å²) in [6.45, 7) is 4.95. The highest BCUT2D eigenvalue weighted by atomic mass is 15.2. The summed E-state index contributed by atoms with van der Waals surface area (Å²) >= 11 is 0. The van der Waals surface area contributed by atoms with Crippen LogP contribution in [0.5, 0.6) is 0 Å². The molecule has 0 N–H and O–H groups in total. The average molecular weight is 749 g/mol. The van der Waals surface area contributed by atoms with Gasteiger partial charge in [0.1, 0.15) is 0 Å². The molecule has 3 unspecified atom stereocenters. The van der Waals surface area contributed by atoms with E-state index in [0.29, 0.717) is 29.3 Å². The summed E-state index contributed by atoms with van der Waals surface area (Å²) in [6, 6.07) is 47.2. The molecule has 0 saturated heterocycles. The van der Waals surface area contributed by atoms with Crippen molar-refractivity contribution >= 4 is 16.9 Å². The van der Waals surface area contributed by atoms with Crippen molar-refractivity contribution in [1.82, 2.24) is 15.0 Å². The number of allylic oxidation sites excluding steroid dienone is 10. The smallest absolute Gasteiger partial charge is 0.164 e. The van der Waals surface area contributed by atoms with Gasteiger partial charge in [0.05, 0.1) is 6.04 Å². The fraction of sp³-hybridized carbons (Fsp3) is 0.167. The van der Waals surface area contributed by atoms with Crippen molar-refractivity contribution in [3.63, 3.8) is 0 Å². The number of aromatic nitrogens is 3. The van der Waals surface area contributed by atoms with E-state index in [1.807, 2.05) is 60.7 Å². The zero-order chi connectivity index (χ0) is 38.8. The summed E-state index contributed by atoms with van der Waals surface area (Å²) in [5.41, 5.74) is 16.9. The molecular formula is C54H44N4. The van der Waals surface area contributed by atoms with Crippen molar-refractivity contribution in [3.05, 3.63) is 204 Å². The highest BCUT2D eigenvalue weighted by Gasteiger charge is 2.49. The normalized spacial score (nSPS) is 21.1. The molecule has 2 heterocycles. The summed E-state index contributed by atoms with van der Waals surface area (Å²) in [5, 5.41) is 0. The molecule has 0 radical (unpaired) electrons. The third-order valence-corrected chi connectivity index (χ3v) is 13.1. The molecule has 1 aliphatic heterocycles. The minimum Gasteiger partial charge on any atom is -0.333 e. The maximum absolute atomic E-state index is 4.94. The zero-order valence-corrected chi connectivity index (χ0v) is 32.9. The number of hydrogen-bond donors (Lipinski definition) is 0. The Morgan fingerprint density at radius 3 is 1.81 bits per heavy atom. The molecule has 4 aliphatic carbocycles. The van der Waals surface area contributed by atoms with Gasteiger partial charge in [-0.25, -0.2) is 15.0 Å². The maximum atomic E-state index is 4.94. The van der Waals surface area contributed by atoms with Crippen LogP contribution >= 0.6 is 0 Å². The number of rotatable bonds is 6. The van der Waals surface area contributed by atoms with E-state index in [-0.39, 0.29) is 11.5 Å². The van der Waals surface area contributed by atoms with Crippen molar-refractivity contribution in [2.24, 2.45) is 17.3 Å². The number of benzene rings is 5. The van der Waals surface area contributed by atoms with Gasteiger partial charge in [-0.05, 0) is 87.8 Å². The van der Waals surface area contributed by atoms with Crippen LogP contribution in [0, 0.1) is 17.3 Å². The minimum absolute atomic E-state index is 0.103. The standard InChI is InChI=1S/C54H44N4/c1-54(2)47-22-11-9-18-43(47)46-21-13-20-42(50(46)54)40-30-33-45-44-19-10-12-23-48(44)58(49(45)34-40)41-31-28-36(29-32-41)35-24-26-39(27-25-35)53-56-51(37-14-5-3-6-15-37)55-52(57-53)38-16-7-4-8-17-38/h3-12,14-19,21-33,43,47,49H,13,20,34H2,1-2H3. The topological polar surface area (TPSA) is 41.9 Å². The SMILES string of the molecule is CC1(C)C2=C(C3=CC=C4c5ccccc5N(c5ccc(-c6ccc(-c7nc(-c8ccccc8)nc(-c8ccccc8)n7)cc6)cc5)C4C3)CCC=C2C2C=CC=CC21. The van der Waals surface area contributed by atoms with Crippen LogP contribution in [0.3, 0.4) is 0 Å². The van der Waals surface area contributed by atoms with Crippen LogP contribution in [-0.4, -0.2) is 21.0 Å². The van der Waals surface area contributed by atoms with Gasteiger partial charge in [-0.3, -0.25) is 0 Å². The van der Waals surface area contributed by atoms with E-state index < -0.39 is 0 Å². The van der Waals surface area contributed by atoms with Gasteiger partial charge in [-0.1, -0.05) is 172 Å². The summed E-state index contributed by atoms with van der Waals surface area (Å²) in [5.74, 6) is 3.00. The molecule has 1 fully saturated rings. The molecule has 4 heteroatoms. The minimum atomic E-state index is 0.103. The Morgan fingerprint density at radius 1 is 0.569 bits per heavy atom. The molecule has 5 aliphatic rings. The Kier molecular flexibility index (Phi) is 8.21. The monoisotopic (exact) mass is 748 g/mol. The summed E-state index contributed by atoms with van der Waals surface area (Å²) in [4.78, 5) is 17.3. The summed E-state index contributed by atoms with van der Waals surface area (Å²) in [6.07, 6.45) is 20.1. The van der Waals surface area contributed by atoms with E-state index in [0.717, 1.165) is 41.5 Å². The largest absolute Gasteiger partial charge is 0.333 e. The van der Waals surface area contributed by atoms with Gasteiger partial charge in [0.25, 0.3) is 0 Å². The molecular weight excluding hydrogens is 705 g/mol. The van der Waals surface area contributed by atoms with E-state index in [1.165, 1.54) is 33.6 Å². The molecule has 1 aromatic heterocycles. The Bertz CT molecular complexity index is 2710. The molecule has 5 aromatic carbocycles. The van der Waals surface area contributed by atoms with Crippen LogP contribution in [0.4, 0.5) is 11.4 Å². The lowest BCUT2D eigenvalue weighted by Crippen LogP contribution is -2.29. The molecule has 0 spiro atoms. The molecule has 58 heavy (non-hydrogen) atoms. The highest BCUT2D eigenvalue weighted by molar-refractivity contribution is 5.94. The van der Waals surface area contributed by atoms with Crippen LogP contribution < -0.4 is 4.90 Å². The van der Waals surface area contributed by atoms with Gasteiger partial charge >= 0.3 is 0 Å². The van der Waals surface area contributed by atoms with Crippen LogP contribution in [0.1, 0.15) is 38.7 Å². The van der Waals surface area contributed by atoms with Crippen LogP contribution in [0.2, 0.25) is 0 Å². The van der Waals surface area contributed by atoms with Crippen molar-refractivity contribution in [2.75, 3.05) is 4.90 Å². The molecule has 6 aromatic rings. The van der Waals surface area contributed by atoms with Gasteiger partial charge < -0.3 is 4.90 Å². The third kappa shape index (κ3) is 5.69. The second-order valence-electron chi connectivity index (χ2n) is 16.7. The predicted molar refractivity (Wildman–Crippen MR) is 238 cm³/mol. The molecule has 4 nitrogen and oxygen atoms in total. The first-order valence-electron chi connectivity index (χ1n) is 20.7. The zero-order valence-electron chi connectivity index (χ0n) is 32.9. The lowest BCUT2D eigenvalue weighted by molar-refractivity contribution is 0.332. The highest BCUT2D eigenvalue weighted by Crippen LogP contribution is 2.60. The molecule has 280 valence electrons. The number of nitrogens with zero attached hydrogens (tertiary/aromatic N) is 4. The Morgan fingerprint density at radius 2 is 1.14 bits per heavy atom. The van der Waals surface area contributed by atoms with Crippen molar-refractivity contribution in [2.45, 2.75) is 39.2 Å². The second-order valence-corrected chi connectivity index (χ2v) is 16.7. The van der Waals surface area contributed by atoms with E-state index >= 15 is 0 Å². The first kappa shape index (κ1) is 34.6. The van der Waals surface area contributed by atoms with Crippen molar-refractivity contribution < 1.29 is 0 Å². The van der Waals surface area contributed by atoms with Crippen LogP contribution in [0.15, 0.2) is 198 Å². The lowest BCUT2D eigenvalue weighted by atomic mass is 9.72. The fourth-order valence-corrected chi connectivity index (χ4v) is 10.3. The van der Waals surface area contributed by atoms with E-state index in [4.69, 9.17) is 15.0 Å². The fourth-order valence-electron chi connectivity index (χ4n) is 10.3. The summed E-state index contributed by atoms with van der Waals surface area (Å²) < 4.78 is 0. The molecule has 0 amide bonds. The van der Waals surface area contributed by atoms with Crippen LogP contribution in [-0.2, 0) is 0 Å². The first-order valence-corrected chi connectivity index (χ1v) is 20.7. The predicted octanol–water partition coefficient (Wildman–Crippen LogP) is 13.2. The van der Waals surface area contributed by atoms with Crippen molar-refractivity contribution in [1.29, 1.82) is 0 Å². The quantitative estimate of drug-likeness (QED) is 0.170. The number of para-hydroxylation sites is 1. The average Bonchev–Trinajstić information content (AvgIpc) is 3.75. The van der Waals surface area contributed by atoms with Gasteiger partial charge in [-0.2, -0.15) is 0 Å². The van der Waals surface area contributed by atoms with Crippen molar-refractivity contribution in [3.8, 4) is 45.3 Å². The van der Waals surface area contributed by atoms with Gasteiger partial charge in [0.15, 0.2) is 17.5 Å². The summed E-state index contributed by atoms with van der Waals surface area (Å²) in [7, 11) is 0. The van der Waals surface area contributed by atoms with Gasteiger partial charge in [-0.15, -0.1) is 0 Å².